The van der Waals surface area contributed by atoms with Gasteiger partial charge in [-0.2, -0.15) is 0 Å². The van der Waals surface area contributed by atoms with Crippen LogP contribution >= 0.6 is 0 Å². The molecule has 8 nitrogen and oxygen atoms in total. The largest absolute Gasteiger partial charge is 0.354 e. The number of carbonyl (C=O) groups excluding carboxylic acids is 1. The maximum absolute atomic E-state index is 12.2. The number of likely N-dealkylation sites (N-methyl/N-ethyl adjacent to an activating group) is 1. The van der Waals surface area contributed by atoms with Gasteiger partial charge in [-0.1, -0.05) is 19.1 Å². The van der Waals surface area contributed by atoms with Gasteiger partial charge in [-0.15, -0.1) is 10.2 Å². The van der Waals surface area contributed by atoms with Gasteiger partial charge < -0.3 is 20.1 Å². The Balaban J connectivity index is 2.67. The number of guanidine groups is 1. The molecule has 0 radical (unpaired) electrons. The fourth-order valence-corrected chi connectivity index (χ4v) is 2.30. The summed E-state index contributed by atoms with van der Waals surface area (Å²) in [5.74, 6) is 1.57. The molecule has 0 aromatic carbocycles. The Bertz CT molecular complexity index is 628. The maximum Gasteiger partial charge on any atom is 0.240 e. The predicted molar refractivity (Wildman–Crippen MR) is 105 cm³/mol. The highest BCUT2D eigenvalue weighted by Gasteiger charge is 2.17. The zero-order valence-corrected chi connectivity index (χ0v) is 17.0. The van der Waals surface area contributed by atoms with Crippen molar-refractivity contribution in [2.24, 2.45) is 4.99 Å². The van der Waals surface area contributed by atoms with E-state index in [4.69, 9.17) is 0 Å². The minimum atomic E-state index is -0.259. The van der Waals surface area contributed by atoms with Gasteiger partial charge in [0.15, 0.2) is 5.96 Å². The number of hydrogen-bond acceptors (Lipinski definition) is 4. The molecule has 1 aromatic rings. The minimum absolute atomic E-state index is 0.0445. The lowest BCUT2D eigenvalue weighted by Crippen LogP contribution is -2.49. The van der Waals surface area contributed by atoms with E-state index in [2.05, 4.69) is 39.3 Å². The summed E-state index contributed by atoms with van der Waals surface area (Å²) in [6.45, 7) is 15.9. The third-order valence-electron chi connectivity index (χ3n) is 3.40. The molecule has 0 saturated heterocycles. The van der Waals surface area contributed by atoms with Gasteiger partial charge in [-0.3, -0.25) is 4.79 Å². The molecule has 0 spiro atoms. The lowest BCUT2D eigenvalue weighted by atomic mass is 10.1. The SMILES string of the molecule is C=C(C)CN=C(NCCn1cnnc1CC)N(C)CC(=O)NC(C)(C)C. The van der Waals surface area contributed by atoms with E-state index in [0.29, 0.717) is 19.0 Å². The molecule has 0 fully saturated rings. The van der Waals surface area contributed by atoms with Crippen LogP contribution in [0.2, 0.25) is 0 Å². The Morgan fingerprint density at radius 1 is 1.42 bits per heavy atom. The summed E-state index contributed by atoms with van der Waals surface area (Å²) < 4.78 is 2.01. The van der Waals surface area contributed by atoms with E-state index in [9.17, 15) is 4.79 Å². The molecule has 0 aliphatic carbocycles. The van der Waals surface area contributed by atoms with Crippen LogP contribution in [-0.4, -0.2) is 63.8 Å². The molecular weight excluding hydrogens is 330 g/mol. The summed E-state index contributed by atoms with van der Waals surface area (Å²) >= 11 is 0. The molecule has 0 aliphatic rings. The standard InChI is InChI=1S/C18H33N7O/c1-8-15-23-21-13-25(15)10-9-19-17(20-11-14(2)3)24(7)12-16(26)22-18(4,5)6/h13H,2,8-12H2,1,3-7H3,(H,19,20)(H,22,26). The van der Waals surface area contributed by atoms with Crippen molar-refractivity contribution in [1.82, 2.24) is 30.3 Å². The fourth-order valence-electron chi connectivity index (χ4n) is 2.30. The summed E-state index contributed by atoms with van der Waals surface area (Å²) in [6, 6.07) is 0. The van der Waals surface area contributed by atoms with Crippen molar-refractivity contribution in [1.29, 1.82) is 0 Å². The number of aliphatic imine (C=N–C) groups is 1. The Labute approximate surface area is 156 Å². The summed E-state index contributed by atoms with van der Waals surface area (Å²) in [7, 11) is 1.85. The van der Waals surface area contributed by atoms with Gasteiger partial charge in [-0.05, 0) is 27.7 Å². The number of nitrogens with one attached hydrogen (secondary N) is 2. The van der Waals surface area contributed by atoms with Crippen molar-refractivity contribution < 1.29 is 4.79 Å². The zero-order chi connectivity index (χ0) is 19.7. The Morgan fingerprint density at radius 2 is 2.12 bits per heavy atom. The van der Waals surface area contributed by atoms with Crippen molar-refractivity contribution in [3.8, 4) is 0 Å². The van der Waals surface area contributed by atoms with Crippen molar-refractivity contribution in [3.63, 3.8) is 0 Å². The third kappa shape index (κ3) is 8.13. The van der Waals surface area contributed by atoms with Crippen molar-refractivity contribution >= 4 is 11.9 Å². The minimum Gasteiger partial charge on any atom is -0.354 e. The average molecular weight is 364 g/mol. The first-order valence-electron chi connectivity index (χ1n) is 8.94. The second kappa shape index (κ2) is 9.94. The molecule has 0 unspecified atom stereocenters. The number of carbonyl (C=O) groups is 1. The lowest BCUT2D eigenvalue weighted by molar-refractivity contribution is -0.122. The van der Waals surface area contributed by atoms with Crippen molar-refractivity contribution in [2.75, 3.05) is 26.7 Å². The van der Waals surface area contributed by atoms with Crippen LogP contribution in [0.3, 0.4) is 0 Å². The molecular formula is C18H33N7O. The number of amides is 1. The highest BCUT2D eigenvalue weighted by molar-refractivity contribution is 5.86. The Hall–Kier alpha value is -2.38. The molecule has 0 aliphatic heterocycles. The van der Waals surface area contributed by atoms with Crippen molar-refractivity contribution in [2.45, 2.75) is 53.1 Å². The van der Waals surface area contributed by atoms with Gasteiger partial charge >= 0.3 is 0 Å². The zero-order valence-electron chi connectivity index (χ0n) is 17.0. The van der Waals surface area contributed by atoms with Crippen LogP contribution in [-0.2, 0) is 17.8 Å². The lowest BCUT2D eigenvalue weighted by Gasteiger charge is -2.25. The maximum atomic E-state index is 12.2. The third-order valence-corrected chi connectivity index (χ3v) is 3.40. The quantitative estimate of drug-likeness (QED) is 0.412. The van der Waals surface area contributed by atoms with Crippen LogP contribution < -0.4 is 10.6 Å². The number of hydrogen-bond donors (Lipinski definition) is 2. The van der Waals surface area contributed by atoms with E-state index in [1.54, 1.807) is 6.33 Å². The monoisotopic (exact) mass is 363 g/mol. The molecule has 1 rings (SSSR count). The highest BCUT2D eigenvalue weighted by Crippen LogP contribution is 1.99. The number of nitrogens with zero attached hydrogens (tertiary/aromatic N) is 5. The second-order valence-corrected chi connectivity index (χ2v) is 7.47. The number of aryl methyl sites for hydroxylation is 1. The van der Waals surface area contributed by atoms with Crippen LogP contribution in [0.1, 0.15) is 40.4 Å². The molecule has 146 valence electrons. The summed E-state index contributed by atoms with van der Waals surface area (Å²) in [6.07, 6.45) is 2.56. The van der Waals surface area contributed by atoms with Gasteiger partial charge in [0.05, 0.1) is 13.1 Å². The second-order valence-electron chi connectivity index (χ2n) is 7.47. The molecule has 0 atom stereocenters. The molecule has 0 bridgehead atoms. The summed E-state index contributed by atoms with van der Waals surface area (Å²) in [4.78, 5) is 18.5. The molecule has 1 aromatic heterocycles. The van der Waals surface area contributed by atoms with E-state index in [1.807, 2.05) is 44.2 Å². The van der Waals surface area contributed by atoms with Gasteiger partial charge in [-0.25, -0.2) is 4.99 Å². The summed E-state index contributed by atoms with van der Waals surface area (Å²) in [5.41, 5.74) is 0.703. The topological polar surface area (TPSA) is 87.4 Å². The highest BCUT2D eigenvalue weighted by atomic mass is 16.2. The molecule has 26 heavy (non-hydrogen) atoms. The first kappa shape index (κ1) is 21.7. The fraction of sp³-hybridized carbons (Fsp3) is 0.667. The molecule has 8 heteroatoms. The van der Waals surface area contributed by atoms with Crippen LogP contribution in [0.4, 0.5) is 0 Å². The van der Waals surface area contributed by atoms with Crippen LogP contribution in [0.5, 0.6) is 0 Å². The smallest absolute Gasteiger partial charge is 0.240 e. The van der Waals surface area contributed by atoms with Gasteiger partial charge in [0.2, 0.25) is 5.91 Å². The van der Waals surface area contributed by atoms with Crippen LogP contribution in [0.15, 0.2) is 23.5 Å². The van der Waals surface area contributed by atoms with E-state index in [-0.39, 0.29) is 18.0 Å². The summed E-state index contributed by atoms with van der Waals surface area (Å²) in [5, 5.41) is 14.3. The van der Waals surface area contributed by atoms with Crippen LogP contribution in [0.25, 0.3) is 0 Å². The van der Waals surface area contributed by atoms with Gasteiger partial charge in [0.25, 0.3) is 0 Å². The normalized spacial score (nSPS) is 12.0. The Morgan fingerprint density at radius 3 is 2.69 bits per heavy atom. The Kier molecular flexibility index (Phi) is 8.28. The molecule has 1 heterocycles. The molecule has 2 N–H and O–H groups in total. The predicted octanol–water partition coefficient (Wildman–Crippen LogP) is 1.21. The number of rotatable bonds is 8. The first-order chi connectivity index (χ1) is 12.1. The van der Waals surface area contributed by atoms with Gasteiger partial charge in [0.1, 0.15) is 12.2 Å². The van der Waals surface area contributed by atoms with E-state index >= 15 is 0 Å². The molecule has 0 saturated carbocycles. The van der Waals surface area contributed by atoms with Crippen molar-refractivity contribution in [3.05, 3.63) is 24.3 Å². The van der Waals surface area contributed by atoms with Crippen LogP contribution in [0, 0.1) is 0 Å². The van der Waals surface area contributed by atoms with E-state index in [0.717, 1.165) is 24.4 Å². The number of aromatic nitrogens is 3. The van der Waals surface area contributed by atoms with Gasteiger partial charge in [0, 0.05) is 32.1 Å². The van der Waals surface area contributed by atoms with E-state index in [1.165, 1.54) is 0 Å². The first-order valence-corrected chi connectivity index (χ1v) is 8.94. The average Bonchev–Trinajstić information content (AvgIpc) is 2.95. The van der Waals surface area contributed by atoms with E-state index < -0.39 is 0 Å². The molecule has 1 amide bonds.